The van der Waals surface area contributed by atoms with Crippen molar-refractivity contribution in [2.75, 3.05) is 27.4 Å². The van der Waals surface area contributed by atoms with Crippen molar-refractivity contribution in [1.82, 2.24) is 5.32 Å². The largest absolute Gasteiger partial charge is 0.493 e. The van der Waals surface area contributed by atoms with Crippen LogP contribution in [0.15, 0.2) is 48.5 Å². The molecule has 0 aliphatic rings. The van der Waals surface area contributed by atoms with Crippen LogP contribution in [0.1, 0.15) is 23.6 Å². The van der Waals surface area contributed by atoms with Gasteiger partial charge in [-0.2, -0.15) is 0 Å². The fourth-order valence-corrected chi connectivity index (χ4v) is 4.17. The average Bonchev–Trinajstić information content (AvgIpc) is 2.82. The summed E-state index contributed by atoms with van der Waals surface area (Å²) in [6.07, 6.45) is 0.843. The van der Waals surface area contributed by atoms with Crippen LogP contribution in [0.25, 0.3) is 0 Å². The summed E-state index contributed by atoms with van der Waals surface area (Å²) in [5, 5.41) is 5.04. The van der Waals surface area contributed by atoms with Crippen LogP contribution >= 0.6 is 47.2 Å². The minimum Gasteiger partial charge on any atom is -0.493 e. The molecule has 0 radical (unpaired) electrons. The van der Waals surface area contributed by atoms with Crippen molar-refractivity contribution in [3.05, 3.63) is 80.3 Å². The third kappa shape index (κ3) is 8.26. The fraction of sp³-hybridized carbons (Fsp3) is 0.308. The van der Waals surface area contributed by atoms with Crippen LogP contribution in [0, 0.1) is 0 Å². The summed E-state index contributed by atoms with van der Waals surface area (Å²) in [6, 6.07) is 15.0. The number of halogens is 4. The minimum absolute atomic E-state index is 0. The molecule has 3 rings (SSSR count). The summed E-state index contributed by atoms with van der Waals surface area (Å²) in [5.41, 5.74) is 2.96. The molecule has 5 nitrogen and oxygen atoms in total. The molecule has 0 aliphatic heterocycles. The second-order valence-corrected chi connectivity index (χ2v) is 8.73. The molecule has 0 amide bonds. The lowest BCUT2D eigenvalue weighted by Gasteiger charge is -2.16. The van der Waals surface area contributed by atoms with Crippen molar-refractivity contribution >= 4 is 47.2 Å². The Bertz CT molecular complexity index is 1110. The van der Waals surface area contributed by atoms with Gasteiger partial charge >= 0.3 is 0 Å². The van der Waals surface area contributed by atoms with Crippen LogP contribution in [0.4, 0.5) is 0 Å². The van der Waals surface area contributed by atoms with E-state index in [1.165, 1.54) is 0 Å². The fourth-order valence-electron chi connectivity index (χ4n) is 3.42. The van der Waals surface area contributed by atoms with E-state index in [0.29, 0.717) is 39.7 Å². The molecule has 3 aromatic carbocycles. The molecule has 1 N–H and O–H groups in total. The van der Waals surface area contributed by atoms with Crippen molar-refractivity contribution in [1.29, 1.82) is 0 Å². The highest BCUT2D eigenvalue weighted by Gasteiger charge is 2.14. The molecule has 0 unspecified atom stereocenters. The predicted molar refractivity (Wildman–Crippen MR) is 146 cm³/mol. The van der Waals surface area contributed by atoms with E-state index in [0.717, 1.165) is 41.2 Å². The normalized spacial score (nSPS) is 10.5. The molecule has 0 saturated heterocycles. The van der Waals surface area contributed by atoms with Crippen molar-refractivity contribution in [2.45, 2.75) is 26.5 Å². The zero-order valence-corrected chi connectivity index (χ0v) is 22.9. The first-order valence-corrected chi connectivity index (χ1v) is 12.0. The first kappa shape index (κ1) is 29.2. The molecule has 9 heteroatoms. The van der Waals surface area contributed by atoms with Crippen molar-refractivity contribution < 1.29 is 18.9 Å². The van der Waals surface area contributed by atoms with Gasteiger partial charge in [0.25, 0.3) is 0 Å². The first-order chi connectivity index (χ1) is 16.4. The van der Waals surface area contributed by atoms with Gasteiger partial charge in [-0.15, -0.1) is 12.4 Å². The number of hydrogen-bond donors (Lipinski definition) is 1. The maximum Gasteiger partial charge on any atom is 0.180 e. The molecule has 0 aliphatic carbocycles. The van der Waals surface area contributed by atoms with Gasteiger partial charge in [0.1, 0.15) is 6.61 Å². The van der Waals surface area contributed by atoms with Gasteiger partial charge in [0.15, 0.2) is 23.0 Å². The summed E-state index contributed by atoms with van der Waals surface area (Å²) in [6.45, 7) is 4.08. The van der Waals surface area contributed by atoms with Crippen molar-refractivity contribution in [2.24, 2.45) is 0 Å². The summed E-state index contributed by atoms with van der Waals surface area (Å²) < 4.78 is 22.4. The van der Waals surface area contributed by atoms with Crippen LogP contribution in [0.5, 0.6) is 23.0 Å². The molecule has 0 saturated carbocycles. The predicted octanol–water partition coefficient (Wildman–Crippen LogP) is 7.40. The SMILES string of the molecule is CCOc1cc(CNCCc2ccc(OC)c(OC)c2)cc(Cl)c1OCc1ccc(Cl)cc1Cl.Cl. The Balaban J connectivity index is 0.00000432. The number of ether oxygens (including phenoxy) is 4. The quantitative estimate of drug-likeness (QED) is 0.234. The second-order valence-electron chi connectivity index (χ2n) is 7.48. The summed E-state index contributed by atoms with van der Waals surface area (Å²) in [7, 11) is 3.26. The van der Waals surface area contributed by atoms with Crippen molar-refractivity contribution in [3.8, 4) is 23.0 Å². The molecule has 0 spiro atoms. The molecule has 35 heavy (non-hydrogen) atoms. The number of methoxy groups -OCH3 is 2. The van der Waals surface area contributed by atoms with E-state index in [2.05, 4.69) is 5.32 Å². The molecule has 190 valence electrons. The second kappa shape index (κ2) is 14.5. The maximum absolute atomic E-state index is 6.56. The molecule has 0 aromatic heterocycles. The lowest BCUT2D eigenvalue weighted by atomic mass is 10.1. The topological polar surface area (TPSA) is 49.0 Å². The monoisotopic (exact) mass is 559 g/mol. The van der Waals surface area contributed by atoms with Crippen LogP contribution in [0.2, 0.25) is 15.1 Å². The van der Waals surface area contributed by atoms with Gasteiger partial charge in [-0.3, -0.25) is 0 Å². The van der Waals surface area contributed by atoms with E-state index in [4.69, 9.17) is 53.8 Å². The van der Waals surface area contributed by atoms with Crippen LogP contribution < -0.4 is 24.3 Å². The van der Waals surface area contributed by atoms with Crippen molar-refractivity contribution in [3.63, 3.8) is 0 Å². The Morgan fingerprint density at radius 3 is 2.20 bits per heavy atom. The van der Waals surface area contributed by atoms with E-state index in [1.807, 2.05) is 43.3 Å². The van der Waals surface area contributed by atoms with Gasteiger partial charge < -0.3 is 24.3 Å². The first-order valence-electron chi connectivity index (χ1n) is 10.9. The van der Waals surface area contributed by atoms with Gasteiger partial charge in [0.05, 0.1) is 25.8 Å². The smallest absolute Gasteiger partial charge is 0.180 e. The number of rotatable bonds is 12. The molecule has 3 aromatic rings. The van der Waals surface area contributed by atoms with Crippen LogP contribution in [-0.2, 0) is 19.6 Å². The zero-order chi connectivity index (χ0) is 24.5. The highest BCUT2D eigenvalue weighted by molar-refractivity contribution is 6.35. The minimum atomic E-state index is 0. The highest BCUT2D eigenvalue weighted by atomic mass is 35.5. The maximum atomic E-state index is 6.56. The van der Waals surface area contributed by atoms with E-state index >= 15 is 0 Å². The van der Waals surface area contributed by atoms with Gasteiger partial charge in [0.2, 0.25) is 0 Å². The number of benzene rings is 3. The van der Waals surface area contributed by atoms with Crippen LogP contribution in [0.3, 0.4) is 0 Å². The standard InChI is InChI=1S/C26H28Cl3NO4.ClH/c1-4-33-25-13-18(15-30-10-9-17-5-8-23(31-2)24(12-17)32-3)11-22(29)26(25)34-16-19-6-7-20(27)14-21(19)28;/h5-8,11-14,30H,4,9-10,15-16H2,1-3H3;1H. The lowest BCUT2D eigenvalue weighted by Crippen LogP contribution is -2.17. The molecule has 0 heterocycles. The Hall–Kier alpha value is -2.02. The third-order valence-corrected chi connectivity index (χ3v) is 5.99. The molecule has 0 atom stereocenters. The Labute approximate surface area is 228 Å². The summed E-state index contributed by atoms with van der Waals surface area (Å²) in [4.78, 5) is 0. The van der Waals surface area contributed by atoms with E-state index in [-0.39, 0.29) is 19.0 Å². The third-order valence-electron chi connectivity index (χ3n) is 5.12. The molecule has 0 bridgehead atoms. The Morgan fingerprint density at radius 2 is 1.51 bits per heavy atom. The number of hydrogen-bond acceptors (Lipinski definition) is 5. The number of nitrogens with one attached hydrogen (secondary N) is 1. The van der Waals surface area contributed by atoms with E-state index < -0.39 is 0 Å². The van der Waals surface area contributed by atoms with E-state index in [9.17, 15) is 0 Å². The van der Waals surface area contributed by atoms with E-state index in [1.54, 1.807) is 26.4 Å². The highest BCUT2D eigenvalue weighted by Crippen LogP contribution is 2.38. The lowest BCUT2D eigenvalue weighted by molar-refractivity contribution is 0.269. The van der Waals surface area contributed by atoms with Gasteiger partial charge in [-0.25, -0.2) is 0 Å². The Morgan fingerprint density at radius 1 is 0.771 bits per heavy atom. The molecular weight excluding hydrogens is 532 g/mol. The van der Waals surface area contributed by atoms with Gasteiger partial charge in [-0.1, -0.05) is 46.9 Å². The average molecular weight is 561 g/mol. The van der Waals surface area contributed by atoms with Crippen LogP contribution in [-0.4, -0.2) is 27.4 Å². The Kier molecular flexibility index (Phi) is 12.1. The molecule has 0 fully saturated rings. The van der Waals surface area contributed by atoms with Gasteiger partial charge in [0, 0.05) is 22.2 Å². The van der Waals surface area contributed by atoms with Gasteiger partial charge in [-0.05, 0) is 67.4 Å². The summed E-state index contributed by atoms with van der Waals surface area (Å²) in [5.74, 6) is 2.53. The molecular formula is C26H29Cl4NO4. The zero-order valence-electron chi connectivity index (χ0n) is 19.8. The summed E-state index contributed by atoms with van der Waals surface area (Å²) >= 11 is 18.8.